The minimum Gasteiger partial charge on any atom is -0.456 e. The molecule has 0 radical (unpaired) electrons. The summed E-state index contributed by atoms with van der Waals surface area (Å²) in [6.45, 7) is 0. The van der Waals surface area contributed by atoms with Gasteiger partial charge in [-0.25, -0.2) is 0 Å². The van der Waals surface area contributed by atoms with Gasteiger partial charge in [-0.15, -0.1) is 0 Å². The molecule has 0 bridgehead atoms. The topological polar surface area (TPSA) is 32.8 Å². The highest BCUT2D eigenvalue weighted by Gasteiger charge is 2.22. The van der Waals surface area contributed by atoms with E-state index < -0.39 is 0 Å². The first kappa shape index (κ1) is 39.3. The second kappa shape index (κ2) is 16.4. The molecule has 0 aliphatic carbocycles. The van der Waals surface area contributed by atoms with E-state index in [4.69, 9.17) is 8.83 Å². The first-order chi connectivity index (χ1) is 33.7. The minimum atomic E-state index is 0.834. The number of rotatable bonds is 9. The molecule has 0 amide bonds. The van der Waals surface area contributed by atoms with Crippen molar-refractivity contribution in [2.24, 2.45) is 0 Å². The van der Waals surface area contributed by atoms with Gasteiger partial charge in [0.05, 0.1) is 11.4 Å². The molecule has 0 aliphatic rings. The van der Waals surface area contributed by atoms with Gasteiger partial charge in [0.15, 0.2) is 0 Å². The molecule has 0 unspecified atom stereocenters. The molecule has 0 spiro atoms. The highest BCUT2D eigenvalue weighted by atomic mass is 16.3. The molecule has 13 aromatic rings. The van der Waals surface area contributed by atoms with Crippen LogP contribution in [-0.2, 0) is 0 Å². The fourth-order valence-corrected chi connectivity index (χ4v) is 9.99. The fraction of sp³-hybridized carbons (Fsp3) is 0. The smallest absolute Gasteiger partial charge is 0.137 e. The van der Waals surface area contributed by atoms with Gasteiger partial charge in [0.25, 0.3) is 0 Å². The Balaban J connectivity index is 0.968. The highest BCUT2D eigenvalue weighted by Crippen LogP contribution is 2.46. The lowest BCUT2D eigenvalue weighted by molar-refractivity contribution is 0.668. The van der Waals surface area contributed by atoms with E-state index in [0.717, 1.165) is 111 Å². The van der Waals surface area contributed by atoms with Crippen molar-refractivity contribution < 1.29 is 8.83 Å². The van der Waals surface area contributed by atoms with Crippen molar-refractivity contribution in [3.05, 3.63) is 255 Å². The summed E-state index contributed by atoms with van der Waals surface area (Å²) in [5.74, 6) is 0. The maximum Gasteiger partial charge on any atom is 0.137 e. The standard InChI is InChI=1S/C64H42N2O2/c1-3-15-43(16-4-1)45-29-32-49(33-30-45)65(51-34-38-58-56-36-31-47(44-17-5-2-6-18-44)40-62(56)68-64(58)41-51)59-26-11-9-24-54(59)48-21-13-22-50(39-48)66(60-27-14-20-46-19-7-8-23-53(46)60)52-35-37-57-55-25-10-12-28-61(55)67-63(57)42-52/h1-42H. The zero-order chi connectivity index (χ0) is 45.0. The van der Waals surface area contributed by atoms with E-state index in [9.17, 15) is 0 Å². The Morgan fingerprint density at radius 3 is 1.44 bits per heavy atom. The van der Waals surface area contributed by atoms with Crippen LogP contribution in [0.2, 0.25) is 0 Å². The quantitative estimate of drug-likeness (QED) is 0.145. The lowest BCUT2D eigenvalue weighted by Gasteiger charge is -2.29. The van der Waals surface area contributed by atoms with Gasteiger partial charge in [0.1, 0.15) is 22.3 Å². The number of anilines is 6. The fourth-order valence-electron chi connectivity index (χ4n) is 9.99. The van der Waals surface area contributed by atoms with Crippen LogP contribution >= 0.6 is 0 Å². The molecule has 0 N–H and O–H groups in total. The number of hydrogen-bond acceptors (Lipinski definition) is 4. The van der Waals surface area contributed by atoms with E-state index in [-0.39, 0.29) is 0 Å². The average molecular weight is 871 g/mol. The molecule has 13 rings (SSSR count). The van der Waals surface area contributed by atoms with Gasteiger partial charge in [-0.2, -0.15) is 0 Å². The Kier molecular flexibility index (Phi) is 9.47. The van der Waals surface area contributed by atoms with E-state index in [1.807, 2.05) is 18.2 Å². The van der Waals surface area contributed by atoms with Crippen molar-refractivity contribution in [2.75, 3.05) is 9.80 Å². The summed E-state index contributed by atoms with van der Waals surface area (Å²) in [7, 11) is 0. The van der Waals surface area contributed by atoms with Crippen molar-refractivity contribution in [3.63, 3.8) is 0 Å². The number of nitrogens with zero attached hydrogens (tertiary/aromatic N) is 2. The van der Waals surface area contributed by atoms with Crippen molar-refractivity contribution >= 4 is 88.8 Å². The van der Waals surface area contributed by atoms with E-state index >= 15 is 0 Å². The minimum absolute atomic E-state index is 0.834. The molecule has 68 heavy (non-hydrogen) atoms. The van der Waals surface area contributed by atoms with Gasteiger partial charge in [-0.1, -0.05) is 164 Å². The van der Waals surface area contributed by atoms with Gasteiger partial charge >= 0.3 is 0 Å². The Hall–Kier alpha value is -9.12. The normalized spacial score (nSPS) is 11.5. The maximum atomic E-state index is 6.73. The van der Waals surface area contributed by atoms with E-state index in [1.54, 1.807) is 0 Å². The van der Waals surface area contributed by atoms with Crippen LogP contribution in [-0.4, -0.2) is 0 Å². The van der Waals surface area contributed by atoms with Crippen LogP contribution in [0.15, 0.2) is 264 Å². The summed E-state index contributed by atoms with van der Waals surface area (Å²) in [5.41, 5.74) is 16.4. The first-order valence-electron chi connectivity index (χ1n) is 23.1. The largest absolute Gasteiger partial charge is 0.456 e. The molecule has 0 fully saturated rings. The molecular formula is C64H42N2O2. The predicted octanol–water partition coefficient (Wildman–Crippen LogP) is 18.6. The molecule has 0 saturated heterocycles. The molecule has 11 aromatic carbocycles. The van der Waals surface area contributed by atoms with Crippen molar-refractivity contribution in [2.45, 2.75) is 0 Å². The monoisotopic (exact) mass is 870 g/mol. The van der Waals surface area contributed by atoms with Crippen molar-refractivity contribution in [1.82, 2.24) is 0 Å². The maximum absolute atomic E-state index is 6.73. The summed E-state index contributed by atoms with van der Waals surface area (Å²) in [6.07, 6.45) is 0. The first-order valence-corrected chi connectivity index (χ1v) is 23.1. The zero-order valence-corrected chi connectivity index (χ0v) is 37.0. The number of furan rings is 2. The van der Waals surface area contributed by atoms with Crippen LogP contribution < -0.4 is 9.80 Å². The Labute approximate surface area is 393 Å². The van der Waals surface area contributed by atoms with Crippen LogP contribution in [0.4, 0.5) is 34.1 Å². The van der Waals surface area contributed by atoms with Gasteiger partial charge in [0.2, 0.25) is 0 Å². The van der Waals surface area contributed by atoms with E-state index in [2.05, 4.69) is 246 Å². The van der Waals surface area contributed by atoms with Gasteiger partial charge < -0.3 is 18.6 Å². The Bertz CT molecular complexity index is 3980. The molecule has 320 valence electrons. The van der Waals surface area contributed by atoms with Gasteiger partial charge in [0, 0.05) is 67.4 Å². The molecule has 4 heteroatoms. The molecule has 0 saturated carbocycles. The third kappa shape index (κ3) is 6.86. The van der Waals surface area contributed by atoms with Crippen LogP contribution in [0.5, 0.6) is 0 Å². The van der Waals surface area contributed by atoms with Crippen molar-refractivity contribution in [1.29, 1.82) is 0 Å². The Morgan fingerprint density at radius 1 is 0.235 bits per heavy atom. The number of fused-ring (bicyclic) bond motifs is 7. The van der Waals surface area contributed by atoms with E-state index in [0.29, 0.717) is 0 Å². The lowest BCUT2D eigenvalue weighted by atomic mass is 9.99. The summed E-state index contributed by atoms with van der Waals surface area (Å²) in [4.78, 5) is 4.72. The van der Waals surface area contributed by atoms with E-state index in [1.165, 1.54) is 10.9 Å². The molecule has 4 nitrogen and oxygen atoms in total. The third-order valence-corrected chi connectivity index (χ3v) is 13.2. The molecular weight excluding hydrogens is 829 g/mol. The van der Waals surface area contributed by atoms with Gasteiger partial charge in [-0.05, 0) is 112 Å². The third-order valence-electron chi connectivity index (χ3n) is 13.2. The second-order valence-electron chi connectivity index (χ2n) is 17.3. The summed E-state index contributed by atoms with van der Waals surface area (Å²) >= 11 is 0. The molecule has 0 atom stereocenters. The number of hydrogen-bond donors (Lipinski definition) is 0. The summed E-state index contributed by atoms with van der Waals surface area (Å²) in [5, 5.41) is 6.72. The molecule has 2 aromatic heterocycles. The van der Waals surface area contributed by atoms with Crippen LogP contribution in [0.25, 0.3) is 88.0 Å². The zero-order valence-electron chi connectivity index (χ0n) is 37.0. The second-order valence-corrected chi connectivity index (χ2v) is 17.3. The van der Waals surface area contributed by atoms with Crippen LogP contribution in [0, 0.1) is 0 Å². The highest BCUT2D eigenvalue weighted by molar-refractivity contribution is 6.09. The molecule has 0 aliphatic heterocycles. The molecule has 2 heterocycles. The van der Waals surface area contributed by atoms with Crippen LogP contribution in [0.1, 0.15) is 0 Å². The summed E-state index contributed by atoms with van der Waals surface area (Å²) in [6, 6.07) is 90.6. The SMILES string of the molecule is c1ccc(-c2ccc(N(c3ccc4c(c3)oc3cc(-c5ccccc5)ccc34)c3ccccc3-c3cccc(N(c4ccc5c(c4)oc4ccccc45)c4cccc5ccccc45)c3)cc2)cc1. The predicted molar refractivity (Wildman–Crippen MR) is 284 cm³/mol. The number of para-hydroxylation sites is 2. The average Bonchev–Trinajstić information content (AvgIpc) is 3.97. The van der Waals surface area contributed by atoms with Crippen LogP contribution in [0.3, 0.4) is 0 Å². The Morgan fingerprint density at radius 2 is 0.691 bits per heavy atom. The van der Waals surface area contributed by atoms with Gasteiger partial charge in [-0.3, -0.25) is 0 Å². The van der Waals surface area contributed by atoms with Crippen molar-refractivity contribution in [3.8, 4) is 33.4 Å². The lowest BCUT2D eigenvalue weighted by Crippen LogP contribution is -2.12. The number of benzene rings is 11. The summed E-state index contributed by atoms with van der Waals surface area (Å²) < 4.78 is 13.2.